The van der Waals surface area contributed by atoms with E-state index in [1.807, 2.05) is 26.0 Å². The second-order valence-corrected chi connectivity index (χ2v) is 6.37. The Balaban J connectivity index is 1.66. The highest BCUT2D eigenvalue weighted by Gasteiger charge is 2.26. The molecule has 0 spiro atoms. The molecule has 1 atom stereocenters. The minimum absolute atomic E-state index is 0.0203. The summed E-state index contributed by atoms with van der Waals surface area (Å²) in [5.41, 5.74) is 4.19. The van der Waals surface area contributed by atoms with Crippen molar-refractivity contribution in [1.29, 1.82) is 0 Å². The summed E-state index contributed by atoms with van der Waals surface area (Å²) in [5.74, 6) is 2.24. The molecule has 1 heterocycles. The first-order valence-electron chi connectivity index (χ1n) is 8.49. The highest BCUT2D eigenvalue weighted by Crippen LogP contribution is 2.39. The number of ether oxygens (including phenoxy) is 2. The van der Waals surface area contributed by atoms with Crippen molar-refractivity contribution < 1.29 is 18.8 Å². The number of hydrogen-bond donors (Lipinski definition) is 1. The van der Waals surface area contributed by atoms with Crippen molar-refractivity contribution in [2.75, 3.05) is 14.2 Å². The van der Waals surface area contributed by atoms with E-state index in [-0.39, 0.29) is 11.9 Å². The Kier molecular flexibility index (Phi) is 4.97. The van der Waals surface area contributed by atoms with Crippen LogP contribution in [0.2, 0.25) is 0 Å². The van der Waals surface area contributed by atoms with Gasteiger partial charge in [-0.25, -0.2) is 0 Å². The van der Waals surface area contributed by atoms with Crippen LogP contribution < -0.4 is 14.8 Å². The van der Waals surface area contributed by atoms with Crippen LogP contribution in [0.15, 0.2) is 16.7 Å². The summed E-state index contributed by atoms with van der Waals surface area (Å²) >= 11 is 0. The minimum Gasteiger partial charge on any atom is -0.493 e. The van der Waals surface area contributed by atoms with E-state index in [0.29, 0.717) is 18.6 Å². The SMILES string of the molecule is COc1cc2c(cc1OC)[C@H](NC(=O)CCc1c(C)noc1C)CC2. The molecule has 1 aromatic carbocycles. The van der Waals surface area contributed by atoms with Gasteiger partial charge in [-0.05, 0) is 56.4 Å². The third-order valence-corrected chi connectivity index (χ3v) is 4.84. The molecule has 1 aliphatic carbocycles. The van der Waals surface area contributed by atoms with Crippen molar-refractivity contribution >= 4 is 5.91 Å². The number of nitrogens with one attached hydrogen (secondary N) is 1. The number of aryl methyl sites for hydroxylation is 3. The molecular weight excluding hydrogens is 320 g/mol. The van der Waals surface area contributed by atoms with Crippen LogP contribution in [0.25, 0.3) is 0 Å². The van der Waals surface area contributed by atoms with Crippen molar-refractivity contribution in [3.05, 3.63) is 40.3 Å². The highest BCUT2D eigenvalue weighted by molar-refractivity contribution is 5.77. The third-order valence-electron chi connectivity index (χ3n) is 4.84. The Morgan fingerprint density at radius 3 is 2.64 bits per heavy atom. The molecular formula is C19H24N2O4. The van der Waals surface area contributed by atoms with Crippen molar-refractivity contribution in [2.45, 2.75) is 45.6 Å². The number of amides is 1. The normalized spacial score (nSPS) is 15.8. The molecule has 2 aromatic rings. The molecule has 0 radical (unpaired) electrons. The van der Waals surface area contributed by atoms with E-state index in [2.05, 4.69) is 10.5 Å². The summed E-state index contributed by atoms with van der Waals surface area (Å²) in [5, 5.41) is 7.07. The van der Waals surface area contributed by atoms with Crippen LogP contribution in [0, 0.1) is 13.8 Å². The molecule has 0 aliphatic heterocycles. The third kappa shape index (κ3) is 3.48. The molecule has 3 rings (SSSR count). The molecule has 1 aliphatic rings. The van der Waals surface area contributed by atoms with E-state index in [1.54, 1.807) is 14.2 Å². The fraction of sp³-hybridized carbons (Fsp3) is 0.474. The van der Waals surface area contributed by atoms with Crippen LogP contribution in [0.1, 0.15) is 47.0 Å². The lowest BCUT2D eigenvalue weighted by atomic mass is 10.1. The van der Waals surface area contributed by atoms with Crippen molar-refractivity contribution in [2.24, 2.45) is 0 Å². The number of aromatic nitrogens is 1. The summed E-state index contributed by atoms with van der Waals surface area (Å²) in [6.45, 7) is 3.77. The summed E-state index contributed by atoms with van der Waals surface area (Å²) < 4.78 is 15.9. The maximum Gasteiger partial charge on any atom is 0.220 e. The van der Waals surface area contributed by atoms with Gasteiger partial charge in [0.05, 0.1) is 26.0 Å². The summed E-state index contributed by atoms with van der Waals surface area (Å²) in [6.07, 6.45) is 2.87. The smallest absolute Gasteiger partial charge is 0.220 e. The second-order valence-electron chi connectivity index (χ2n) is 6.37. The van der Waals surface area contributed by atoms with Crippen molar-refractivity contribution in [3.8, 4) is 11.5 Å². The van der Waals surface area contributed by atoms with Crippen molar-refractivity contribution in [1.82, 2.24) is 10.5 Å². The number of nitrogens with zero attached hydrogens (tertiary/aromatic N) is 1. The molecule has 0 unspecified atom stereocenters. The van der Waals surface area contributed by atoms with Crippen LogP contribution in [0.5, 0.6) is 11.5 Å². The number of hydrogen-bond acceptors (Lipinski definition) is 5. The second kappa shape index (κ2) is 7.17. The fourth-order valence-electron chi connectivity index (χ4n) is 3.45. The average molecular weight is 344 g/mol. The topological polar surface area (TPSA) is 73.6 Å². The average Bonchev–Trinajstić information content (AvgIpc) is 3.14. The fourth-order valence-corrected chi connectivity index (χ4v) is 3.45. The first kappa shape index (κ1) is 17.3. The summed E-state index contributed by atoms with van der Waals surface area (Å²) in [7, 11) is 3.25. The Bertz CT molecular complexity index is 762. The van der Waals surface area contributed by atoms with Crippen molar-refractivity contribution in [3.63, 3.8) is 0 Å². The van der Waals surface area contributed by atoms with Gasteiger partial charge in [-0.1, -0.05) is 5.16 Å². The Morgan fingerprint density at radius 1 is 1.28 bits per heavy atom. The molecule has 1 amide bonds. The van der Waals surface area contributed by atoms with E-state index < -0.39 is 0 Å². The number of benzene rings is 1. The van der Waals surface area contributed by atoms with Crippen LogP contribution >= 0.6 is 0 Å². The first-order chi connectivity index (χ1) is 12.0. The molecule has 1 N–H and O–H groups in total. The lowest BCUT2D eigenvalue weighted by Crippen LogP contribution is -2.27. The van der Waals surface area contributed by atoms with Gasteiger partial charge in [-0.3, -0.25) is 4.79 Å². The van der Waals surface area contributed by atoms with Gasteiger partial charge in [-0.15, -0.1) is 0 Å². The summed E-state index contributed by atoms with van der Waals surface area (Å²) in [4.78, 5) is 12.4. The predicted octanol–water partition coefficient (Wildman–Crippen LogP) is 3.04. The number of fused-ring (bicyclic) bond motifs is 1. The molecule has 0 bridgehead atoms. The zero-order valence-electron chi connectivity index (χ0n) is 15.1. The Labute approximate surface area is 147 Å². The zero-order valence-corrected chi connectivity index (χ0v) is 15.1. The Hall–Kier alpha value is -2.50. The van der Waals surface area contributed by atoms with Gasteiger partial charge >= 0.3 is 0 Å². The quantitative estimate of drug-likeness (QED) is 0.872. The van der Waals surface area contributed by atoms with E-state index >= 15 is 0 Å². The van der Waals surface area contributed by atoms with Gasteiger partial charge in [0.25, 0.3) is 0 Å². The largest absolute Gasteiger partial charge is 0.493 e. The van der Waals surface area contributed by atoms with Crippen LogP contribution in [0.4, 0.5) is 0 Å². The molecule has 0 saturated carbocycles. The van der Waals surface area contributed by atoms with Gasteiger partial charge in [0.1, 0.15) is 5.76 Å². The van der Waals surface area contributed by atoms with Crippen LogP contribution in [-0.2, 0) is 17.6 Å². The lowest BCUT2D eigenvalue weighted by molar-refractivity contribution is -0.121. The standard InChI is InChI=1S/C19H24N2O4/c1-11-14(12(2)25-21-11)6-8-19(22)20-16-7-5-13-9-17(23-3)18(24-4)10-15(13)16/h9-10,16H,5-8H2,1-4H3,(H,20,22)/t16-/m1/s1. The van der Waals surface area contributed by atoms with Gasteiger partial charge in [0.15, 0.2) is 11.5 Å². The molecule has 1 aromatic heterocycles. The molecule has 6 nitrogen and oxygen atoms in total. The first-order valence-corrected chi connectivity index (χ1v) is 8.49. The van der Waals surface area contributed by atoms with Crippen LogP contribution in [-0.4, -0.2) is 25.3 Å². The maximum absolute atomic E-state index is 12.4. The van der Waals surface area contributed by atoms with E-state index in [9.17, 15) is 4.79 Å². The number of methoxy groups -OCH3 is 2. The van der Waals surface area contributed by atoms with Gasteiger partial charge in [0.2, 0.25) is 5.91 Å². The molecule has 134 valence electrons. The molecule has 0 fully saturated rings. The van der Waals surface area contributed by atoms with Gasteiger partial charge < -0.3 is 19.3 Å². The molecule has 0 saturated heterocycles. The number of rotatable bonds is 6. The summed E-state index contributed by atoms with van der Waals surface area (Å²) in [6, 6.07) is 4.00. The zero-order chi connectivity index (χ0) is 18.0. The minimum atomic E-state index is 0.0203. The number of carbonyl (C=O) groups excluding carboxylic acids is 1. The van der Waals surface area contributed by atoms with Gasteiger partial charge in [0, 0.05) is 12.0 Å². The predicted molar refractivity (Wildman–Crippen MR) is 93.0 cm³/mol. The van der Waals surface area contributed by atoms with Gasteiger partial charge in [-0.2, -0.15) is 0 Å². The lowest BCUT2D eigenvalue weighted by Gasteiger charge is -2.16. The monoisotopic (exact) mass is 344 g/mol. The maximum atomic E-state index is 12.4. The van der Waals surface area contributed by atoms with E-state index in [0.717, 1.165) is 41.2 Å². The highest BCUT2D eigenvalue weighted by atomic mass is 16.5. The Morgan fingerprint density at radius 2 is 2.00 bits per heavy atom. The van der Waals surface area contributed by atoms with E-state index in [4.69, 9.17) is 14.0 Å². The van der Waals surface area contributed by atoms with E-state index in [1.165, 1.54) is 5.56 Å². The number of carbonyl (C=O) groups is 1. The molecule has 25 heavy (non-hydrogen) atoms. The molecule has 6 heteroatoms. The van der Waals surface area contributed by atoms with Crippen LogP contribution in [0.3, 0.4) is 0 Å².